The van der Waals surface area contributed by atoms with Crippen molar-refractivity contribution in [1.82, 2.24) is 9.88 Å². The standard InChI is InChI=1S/C21H23N3O/c22-21(25)20(16-6-2-1-3-7-16)24-12-10-15(11-13-24)19-14-17-8-4-5-9-18(17)23-19/h1-9,14-15,20,23H,10-13H2,(H2,22,25)/t20-/m0/s1. The van der Waals surface area contributed by atoms with Crippen molar-refractivity contribution < 1.29 is 4.79 Å². The second-order valence-electron chi connectivity index (χ2n) is 6.84. The lowest BCUT2D eigenvalue weighted by atomic mass is 9.91. The lowest BCUT2D eigenvalue weighted by Gasteiger charge is -2.36. The average Bonchev–Trinajstić information content (AvgIpc) is 3.07. The number of hydrogen-bond donors (Lipinski definition) is 2. The van der Waals surface area contributed by atoms with Crippen LogP contribution in [0.3, 0.4) is 0 Å². The number of piperidine rings is 1. The molecule has 1 aromatic heterocycles. The third-order valence-corrected chi connectivity index (χ3v) is 5.27. The predicted molar refractivity (Wildman–Crippen MR) is 100 cm³/mol. The molecule has 1 amide bonds. The monoisotopic (exact) mass is 333 g/mol. The minimum absolute atomic E-state index is 0.268. The van der Waals surface area contributed by atoms with Gasteiger partial charge in [0.25, 0.3) is 0 Å². The zero-order valence-corrected chi connectivity index (χ0v) is 14.2. The highest BCUT2D eigenvalue weighted by Gasteiger charge is 2.30. The first kappa shape index (κ1) is 15.9. The number of hydrogen-bond acceptors (Lipinski definition) is 2. The van der Waals surface area contributed by atoms with Crippen molar-refractivity contribution in [3.05, 3.63) is 71.9 Å². The molecule has 1 fully saturated rings. The smallest absolute Gasteiger partial charge is 0.239 e. The van der Waals surface area contributed by atoms with Crippen LogP contribution in [0.25, 0.3) is 10.9 Å². The van der Waals surface area contributed by atoms with Gasteiger partial charge in [-0.15, -0.1) is 0 Å². The minimum Gasteiger partial charge on any atom is -0.368 e. The van der Waals surface area contributed by atoms with Gasteiger partial charge >= 0.3 is 0 Å². The number of primary amides is 1. The van der Waals surface area contributed by atoms with E-state index in [9.17, 15) is 4.79 Å². The number of nitrogens with zero attached hydrogens (tertiary/aromatic N) is 1. The van der Waals surface area contributed by atoms with Crippen LogP contribution in [0.5, 0.6) is 0 Å². The summed E-state index contributed by atoms with van der Waals surface area (Å²) in [7, 11) is 0. The van der Waals surface area contributed by atoms with Crippen molar-refractivity contribution >= 4 is 16.8 Å². The molecule has 128 valence electrons. The van der Waals surface area contributed by atoms with Gasteiger partial charge in [0.05, 0.1) is 0 Å². The Kier molecular flexibility index (Phi) is 4.28. The minimum atomic E-state index is -0.329. The number of nitrogens with two attached hydrogens (primary N) is 1. The highest BCUT2D eigenvalue weighted by atomic mass is 16.1. The molecule has 4 heteroatoms. The van der Waals surface area contributed by atoms with Crippen molar-refractivity contribution in [2.75, 3.05) is 13.1 Å². The van der Waals surface area contributed by atoms with E-state index in [2.05, 4.69) is 40.2 Å². The Morgan fingerprint density at radius 1 is 1.04 bits per heavy atom. The molecule has 0 spiro atoms. The number of amides is 1. The number of nitrogens with one attached hydrogen (secondary N) is 1. The predicted octanol–water partition coefficient (Wildman–Crippen LogP) is 3.57. The normalized spacial score (nSPS) is 17.6. The molecular weight excluding hydrogens is 310 g/mol. The van der Waals surface area contributed by atoms with Crippen molar-refractivity contribution in [2.45, 2.75) is 24.8 Å². The van der Waals surface area contributed by atoms with Crippen molar-refractivity contribution in [2.24, 2.45) is 5.73 Å². The summed E-state index contributed by atoms with van der Waals surface area (Å²) >= 11 is 0. The van der Waals surface area contributed by atoms with Gasteiger partial charge < -0.3 is 10.7 Å². The Morgan fingerprint density at radius 3 is 2.40 bits per heavy atom. The quantitative estimate of drug-likeness (QED) is 0.766. The number of fused-ring (bicyclic) bond motifs is 1. The zero-order valence-electron chi connectivity index (χ0n) is 14.2. The van der Waals surface area contributed by atoms with Gasteiger partial charge in [-0.2, -0.15) is 0 Å². The lowest BCUT2D eigenvalue weighted by molar-refractivity contribution is -0.124. The van der Waals surface area contributed by atoms with Gasteiger partial charge in [0.1, 0.15) is 6.04 Å². The first-order valence-corrected chi connectivity index (χ1v) is 8.88. The molecule has 3 aromatic rings. The van der Waals surface area contributed by atoms with Gasteiger partial charge in [-0.05, 0) is 49.0 Å². The van der Waals surface area contributed by atoms with Crippen molar-refractivity contribution in [3.63, 3.8) is 0 Å². The van der Waals surface area contributed by atoms with Crippen LogP contribution in [0.15, 0.2) is 60.7 Å². The molecular formula is C21H23N3O. The first-order chi connectivity index (χ1) is 12.2. The summed E-state index contributed by atoms with van der Waals surface area (Å²) in [6.07, 6.45) is 2.06. The largest absolute Gasteiger partial charge is 0.368 e. The van der Waals surface area contributed by atoms with Gasteiger partial charge in [-0.1, -0.05) is 48.5 Å². The third kappa shape index (κ3) is 3.17. The van der Waals surface area contributed by atoms with Crippen LogP contribution in [0.2, 0.25) is 0 Å². The Morgan fingerprint density at radius 2 is 1.72 bits per heavy atom. The molecule has 3 N–H and O–H groups in total. The number of aromatic amines is 1. The fourth-order valence-electron chi connectivity index (χ4n) is 3.97. The number of H-pyrrole nitrogens is 1. The second-order valence-corrected chi connectivity index (χ2v) is 6.84. The van der Waals surface area contributed by atoms with Gasteiger partial charge in [0, 0.05) is 17.1 Å². The van der Waals surface area contributed by atoms with Gasteiger partial charge in [0.15, 0.2) is 0 Å². The number of rotatable bonds is 4. The molecule has 0 radical (unpaired) electrons. The number of likely N-dealkylation sites (tertiary alicyclic amines) is 1. The Balaban J connectivity index is 1.49. The van der Waals surface area contributed by atoms with Crippen LogP contribution < -0.4 is 5.73 Å². The molecule has 1 atom stereocenters. The molecule has 0 bridgehead atoms. The van der Waals surface area contributed by atoms with Gasteiger partial charge in [0.2, 0.25) is 5.91 Å². The summed E-state index contributed by atoms with van der Waals surface area (Å²) in [6, 6.07) is 20.2. The zero-order chi connectivity index (χ0) is 17.2. The number of benzene rings is 2. The van der Waals surface area contributed by atoms with E-state index in [0.717, 1.165) is 31.5 Å². The summed E-state index contributed by atoms with van der Waals surface area (Å²) in [6.45, 7) is 1.76. The molecule has 0 unspecified atom stereocenters. The van der Waals surface area contributed by atoms with Crippen LogP contribution in [0.4, 0.5) is 0 Å². The molecule has 0 saturated carbocycles. The van der Waals surface area contributed by atoms with Gasteiger partial charge in [-0.25, -0.2) is 0 Å². The lowest BCUT2D eigenvalue weighted by Crippen LogP contribution is -2.42. The summed E-state index contributed by atoms with van der Waals surface area (Å²) in [5.41, 5.74) is 9.19. The molecule has 1 saturated heterocycles. The molecule has 0 aliphatic carbocycles. The fraction of sp³-hybridized carbons (Fsp3) is 0.286. The van der Waals surface area contributed by atoms with Crippen LogP contribution in [0.1, 0.15) is 36.1 Å². The maximum atomic E-state index is 12.0. The highest BCUT2D eigenvalue weighted by molar-refractivity contribution is 5.81. The van der Waals surface area contributed by atoms with Crippen molar-refractivity contribution in [3.8, 4) is 0 Å². The SMILES string of the molecule is NC(=O)[C@H](c1ccccc1)N1CCC(c2cc3ccccc3[nH]2)CC1. The van der Waals surface area contributed by atoms with E-state index in [1.165, 1.54) is 16.6 Å². The molecule has 2 heterocycles. The summed E-state index contributed by atoms with van der Waals surface area (Å²) in [4.78, 5) is 17.8. The Hall–Kier alpha value is -2.59. The van der Waals surface area contributed by atoms with E-state index in [1.54, 1.807) is 0 Å². The number of aromatic nitrogens is 1. The number of carbonyl (C=O) groups is 1. The van der Waals surface area contributed by atoms with Crippen LogP contribution in [-0.4, -0.2) is 28.9 Å². The average molecular weight is 333 g/mol. The van der Waals surface area contributed by atoms with Crippen molar-refractivity contribution in [1.29, 1.82) is 0 Å². The number of carbonyl (C=O) groups excluding carboxylic acids is 1. The van der Waals surface area contributed by atoms with E-state index >= 15 is 0 Å². The summed E-state index contributed by atoms with van der Waals surface area (Å²) in [5, 5.41) is 1.26. The molecule has 25 heavy (non-hydrogen) atoms. The van der Waals surface area contributed by atoms with Crippen LogP contribution in [-0.2, 0) is 4.79 Å². The topological polar surface area (TPSA) is 62.1 Å². The van der Waals surface area contributed by atoms with Gasteiger partial charge in [-0.3, -0.25) is 9.69 Å². The fourth-order valence-corrected chi connectivity index (χ4v) is 3.97. The summed E-state index contributed by atoms with van der Waals surface area (Å²) < 4.78 is 0. The van der Waals surface area contributed by atoms with E-state index < -0.39 is 0 Å². The summed E-state index contributed by atoms with van der Waals surface area (Å²) in [5.74, 6) is 0.239. The molecule has 4 nitrogen and oxygen atoms in total. The Labute approximate surface area is 147 Å². The van der Waals surface area contributed by atoms with E-state index in [1.807, 2.05) is 30.3 Å². The molecule has 2 aromatic carbocycles. The highest BCUT2D eigenvalue weighted by Crippen LogP contribution is 2.33. The first-order valence-electron chi connectivity index (χ1n) is 8.88. The molecule has 1 aliphatic heterocycles. The second kappa shape index (κ2) is 6.73. The maximum Gasteiger partial charge on any atom is 0.239 e. The van der Waals surface area contributed by atoms with E-state index in [4.69, 9.17) is 5.73 Å². The molecule has 4 rings (SSSR count). The maximum absolute atomic E-state index is 12.0. The van der Waals surface area contributed by atoms with Crippen LogP contribution in [0, 0.1) is 0 Å². The third-order valence-electron chi connectivity index (χ3n) is 5.27. The number of para-hydroxylation sites is 1. The van der Waals surface area contributed by atoms with Crippen LogP contribution >= 0.6 is 0 Å². The Bertz CT molecular complexity index is 830. The van der Waals surface area contributed by atoms with E-state index in [-0.39, 0.29) is 11.9 Å². The van der Waals surface area contributed by atoms with E-state index in [0.29, 0.717) is 5.92 Å². The molecule has 1 aliphatic rings.